The monoisotopic (exact) mass is 434 g/mol. The van der Waals surface area contributed by atoms with Gasteiger partial charge in [-0.15, -0.1) is 0 Å². The van der Waals surface area contributed by atoms with Crippen LogP contribution >= 0.6 is 0 Å². The summed E-state index contributed by atoms with van der Waals surface area (Å²) in [5, 5.41) is 10.2. The van der Waals surface area contributed by atoms with Crippen molar-refractivity contribution < 1.29 is 9.90 Å². The summed E-state index contributed by atoms with van der Waals surface area (Å²) >= 11 is 0. The predicted octanol–water partition coefficient (Wildman–Crippen LogP) is 5.11. The quantitative estimate of drug-likeness (QED) is 0.469. The zero-order valence-corrected chi connectivity index (χ0v) is 23.6. The molecule has 3 N–H and O–H groups in total. The highest BCUT2D eigenvalue weighted by Gasteiger charge is 2.65. The maximum absolute atomic E-state index is 13.3. The molecule has 0 amide bonds. The average molecular weight is 435 g/mol. The second-order valence-corrected chi connectivity index (χ2v) is 32.6. The van der Waals surface area contributed by atoms with Crippen LogP contribution in [0.3, 0.4) is 0 Å². The van der Waals surface area contributed by atoms with E-state index in [4.69, 9.17) is 5.73 Å². The molecule has 0 saturated carbocycles. The Morgan fingerprint density at radius 3 is 1.50 bits per heavy atom. The van der Waals surface area contributed by atoms with Crippen molar-refractivity contribution in [1.82, 2.24) is 4.23 Å². The number of hydrogen-bond donors (Lipinski definition) is 2. The van der Waals surface area contributed by atoms with E-state index in [0.717, 1.165) is 12.8 Å². The molecule has 0 radical (unpaired) electrons. The number of aliphatic carboxylic acids is 1. The average Bonchev–Trinajstić information content (AvgIpc) is 2.30. The van der Waals surface area contributed by atoms with E-state index >= 15 is 0 Å². The lowest BCUT2D eigenvalue weighted by Crippen LogP contribution is -2.82. The summed E-state index contributed by atoms with van der Waals surface area (Å²) < 4.78 is 2.64. The molecular weight excluding hydrogens is 389 g/mol. The number of nitrogens with two attached hydrogens (primary N) is 1. The molecule has 4 nitrogen and oxygen atoms in total. The fourth-order valence-electron chi connectivity index (χ4n) is 5.23. The number of nitrogens with zero attached hydrogens (tertiary/aromatic N) is 1. The van der Waals surface area contributed by atoms with Crippen LogP contribution in [-0.4, -0.2) is 59.6 Å². The molecule has 2 atom stereocenters. The van der Waals surface area contributed by atoms with Gasteiger partial charge in [-0.05, 0) is 24.9 Å². The number of rotatable bonds is 10. The van der Waals surface area contributed by atoms with Gasteiger partial charge in [-0.2, -0.15) is 0 Å². The van der Waals surface area contributed by atoms with Gasteiger partial charge in [-0.25, -0.2) is 0 Å². The van der Waals surface area contributed by atoms with Gasteiger partial charge in [0, 0.05) is 8.07 Å². The first-order chi connectivity index (χ1) is 11.3. The summed E-state index contributed by atoms with van der Waals surface area (Å²) in [7, 11) is -7.61. The minimum atomic E-state index is -2.12. The van der Waals surface area contributed by atoms with Gasteiger partial charge in [-0.1, -0.05) is 78.6 Å². The summed E-state index contributed by atoms with van der Waals surface area (Å²) in [6.07, 6.45) is 1.86. The molecule has 26 heavy (non-hydrogen) atoms. The Balaban J connectivity index is 7.15. The molecule has 0 aromatic heterocycles. The third-order valence-corrected chi connectivity index (χ3v) is 19.4. The maximum Gasteiger partial charge on any atom is 0.319 e. The van der Waals surface area contributed by atoms with E-state index in [0.29, 0.717) is 6.54 Å². The summed E-state index contributed by atoms with van der Waals surface area (Å²) in [6.45, 7) is 28.6. The Bertz CT molecular complexity index is 473. The van der Waals surface area contributed by atoms with E-state index in [2.05, 4.69) is 82.8 Å². The van der Waals surface area contributed by atoms with Gasteiger partial charge in [0.2, 0.25) is 0 Å². The van der Waals surface area contributed by atoms with Crippen molar-refractivity contribution in [2.75, 3.05) is 6.54 Å². The summed E-state index contributed by atoms with van der Waals surface area (Å²) in [6, 6.07) is 0. The molecule has 2 unspecified atom stereocenters. The first-order valence-electron chi connectivity index (χ1n) is 9.99. The van der Waals surface area contributed by atoms with E-state index in [1.54, 1.807) is 0 Å². The lowest BCUT2D eigenvalue weighted by Gasteiger charge is -2.63. The first-order valence-corrected chi connectivity index (χ1v) is 24.0. The Labute approximate surface area is 167 Å². The molecule has 0 aliphatic heterocycles. The highest BCUT2D eigenvalue weighted by atomic mass is 28.4. The molecule has 0 saturated heterocycles. The molecule has 0 aromatic carbocycles. The second kappa shape index (κ2) is 8.32. The first kappa shape index (κ1) is 26.3. The van der Waals surface area contributed by atoms with Crippen molar-refractivity contribution in [2.24, 2.45) is 5.73 Å². The van der Waals surface area contributed by atoms with Gasteiger partial charge in [0.15, 0.2) is 0 Å². The third kappa shape index (κ3) is 5.41. The smallest absolute Gasteiger partial charge is 0.319 e. The van der Waals surface area contributed by atoms with Crippen LogP contribution in [0.4, 0.5) is 0 Å². The Morgan fingerprint density at radius 2 is 1.31 bits per heavy atom. The fraction of sp³-hybridized carbons (Fsp3) is 0.944. The van der Waals surface area contributed by atoms with E-state index < -0.39 is 43.8 Å². The molecule has 0 spiro atoms. The topological polar surface area (TPSA) is 66.6 Å². The van der Waals surface area contributed by atoms with Gasteiger partial charge < -0.3 is 15.1 Å². The zero-order valence-electron chi connectivity index (χ0n) is 19.6. The summed E-state index contributed by atoms with van der Waals surface area (Å²) in [5.74, 6) is -0.564. The second-order valence-electron chi connectivity index (χ2n) is 11.8. The molecular formula is C18H46N2O2Si4. The zero-order chi connectivity index (χ0) is 21.4. The highest BCUT2D eigenvalue weighted by Crippen LogP contribution is 2.50. The largest absolute Gasteiger partial charge is 0.480 e. The number of carbonyl (C=O) groups is 1. The van der Waals surface area contributed by atoms with Gasteiger partial charge in [0.25, 0.3) is 0 Å². The van der Waals surface area contributed by atoms with Crippen LogP contribution in [0.15, 0.2) is 0 Å². The summed E-state index contributed by atoms with van der Waals surface area (Å²) in [5.41, 5.74) is 6.10. The van der Waals surface area contributed by atoms with Crippen molar-refractivity contribution >= 4 is 38.6 Å². The van der Waals surface area contributed by atoms with Crippen LogP contribution in [0.1, 0.15) is 12.8 Å². The van der Waals surface area contributed by atoms with Crippen LogP contribution < -0.4 is 5.73 Å². The van der Waals surface area contributed by atoms with Crippen LogP contribution in [0.2, 0.25) is 84.1 Å². The number of carboxylic acids is 1. The lowest BCUT2D eigenvalue weighted by atomic mass is 10.1. The standard InChI is InChI=1S/C18H46N2O2Si4/c1-23(2,3)16(14-13-15-19)18(17(21)22,24(4,5)6)20(25(7,8)9)26(10,11)12/h16H,13-15,19H2,1-12H3,(H,21,22). The van der Waals surface area contributed by atoms with Gasteiger partial charge in [0.1, 0.15) is 16.5 Å². The van der Waals surface area contributed by atoms with E-state index in [1.807, 2.05) is 0 Å². The Morgan fingerprint density at radius 1 is 0.923 bits per heavy atom. The lowest BCUT2D eigenvalue weighted by molar-refractivity contribution is -0.143. The van der Waals surface area contributed by atoms with Crippen molar-refractivity contribution in [3.05, 3.63) is 0 Å². The van der Waals surface area contributed by atoms with Gasteiger partial charge in [0.05, 0.1) is 13.2 Å². The van der Waals surface area contributed by atoms with Gasteiger partial charge >= 0.3 is 5.97 Å². The molecule has 156 valence electrons. The number of carboxylic acid groups (broad SMARTS) is 1. The SMILES string of the molecule is C[Si](C)(C)C(CCCN)C(C(=O)O)(N([Si](C)(C)C)[Si](C)(C)C)[Si](C)(C)C. The van der Waals surface area contributed by atoms with Crippen molar-refractivity contribution in [1.29, 1.82) is 0 Å². The van der Waals surface area contributed by atoms with E-state index in [1.165, 1.54) is 0 Å². The summed E-state index contributed by atoms with van der Waals surface area (Å²) in [4.78, 5) is 13.3. The molecule has 0 aliphatic carbocycles. The molecule has 8 heteroatoms. The predicted molar refractivity (Wildman–Crippen MR) is 128 cm³/mol. The Kier molecular flexibility index (Phi) is 8.41. The highest BCUT2D eigenvalue weighted by molar-refractivity contribution is 6.95. The minimum absolute atomic E-state index is 0.223. The molecule has 0 rings (SSSR count). The van der Waals surface area contributed by atoms with Crippen LogP contribution in [0.25, 0.3) is 0 Å². The normalized spacial score (nSPS) is 17.9. The minimum Gasteiger partial charge on any atom is -0.480 e. The third-order valence-electron chi connectivity index (χ3n) is 5.41. The van der Waals surface area contributed by atoms with E-state index in [9.17, 15) is 9.90 Å². The van der Waals surface area contributed by atoms with Crippen LogP contribution in [0, 0.1) is 0 Å². The molecule has 0 aliphatic rings. The van der Waals surface area contributed by atoms with Crippen molar-refractivity contribution in [2.45, 2.75) is 102 Å². The van der Waals surface area contributed by atoms with Crippen LogP contribution in [-0.2, 0) is 4.79 Å². The molecule has 0 bridgehead atoms. The fourth-order valence-corrected chi connectivity index (χ4v) is 27.9. The molecule has 0 fully saturated rings. The van der Waals surface area contributed by atoms with Crippen molar-refractivity contribution in [3.8, 4) is 0 Å². The maximum atomic E-state index is 13.3. The Hall–Kier alpha value is 0.258. The molecule has 0 heterocycles. The van der Waals surface area contributed by atoms with Crippen LogP contribution in [0.5, 0.6) is 0 Å². The van der Waals surface area contributed by atoms with E-state index in [-0.39, 0.29) is 5.54 Å². The van der Waals surface area contributed by atoms with Crippen molar-refractivity contribution in [3.63, 3.8) is 0 Å². The number of hydrogen-bond acceptors (Lipinski definition) is 3. The molecule has 0 aromatic rings. The van der Waals surface area contributed by atoms with Gasteiger partial charge in [-0.3, -0.25) is 4.79 Å².